The molecular weight excluding hydrogens is 170 g/mol. The minimum absolute atomic E-state index is 1.07. The van der Waals surface area contributed by atoms with Crippen molar-refractivity contribution in [3.63, 3.8) is 0 Å². The van der Waals surface area contributed by atoms with E-state index in [0.29, 0.717) is 0 Å². The standard InChI is InChI=1S/C13H17N/c1-4-9-12(5-2)14(3)13-10-7-6-8-11-13/h4-5,7,9-11H,1-2,6,8H2,3H3/b12-9+. The number of allylic oxidation sites excluding steroid dienone is 6. The SMILES string of the molecule is C=C/C=C(\C=C)N(C)C1=CCCC=C1. The molecule has 0 saturated heterocycles. The highest BCUT2D eigenvalue weighted by Crippen LogP contribution is 2.17. The summed E-state index contributed by atoms with van der Waals surface area (Å²) >= 11 is 0. The Labute approximate surface area is 86.4 Å². The zero-order valence-electron chi connectivity index (χ0n) is 8.74. The molecule has 1 aliphatic carbocycles. The first-order valence-electron chi connectivity index (χ1n) is 4.85. The van der Waals surface area contributed by atoms with E-state index in [1.54, 1.807) is 6.08 Å². The maximum absolute atomic E-state index is 3.79. The number of nitrogens with zero attached hydrogens (tertiary/aromatic N) is 1. The van der Waals surface area contributed by atoms with Gasteiger partial charge in [0.2, 0.25) is 0 Å². The van der Waals surface area contributed by atoms with Crippen LogP contribution in [0.2, 0.25) is 0 Å². The van der Waals surface area contributed by atoms with Crippen molar-refractivity contribution < 1.29 is 0 Å². The first-order chi connectivity index (χ1) is 6.79. The van der Waals surface area contributed by atoms with Crippen molar-refractivity contribution >= 4 is 0 Å². The van der Waals surface area contributed by atoms with Crippen molar-refractivity contribution in [1.29, 1.82) is 0 Å². The molecule has 0 radical (unpaired) electrons. The van der Waals surface area contributed by atoms with E-state index < -0.39 is 0 Å². The molecule has 0 unspecified atom stereocenters. The molecule has 0 heterocycles. The fourth-order valence-electron chi connectivity index (χ4n) is 1.43. The molecule has 1 nitrogen and oxygen atoms in total. The van der Waals surface area contributed by atoms with E-state index in [1.807, 2.05) is 19.2 Å². The number of hydrogen-bond donors (Lipinski definition) is 0. The second-order valence-electron chi connectivity index (χ2n) is 3.20. The smallest absolute Gasteiger partial charge is 0.0401 e. The Morgan fingerprint density at radius 3 is 2.71 bits per heavy atom. The fourth-order valence-corrected chi connectivity index (χ4v) is 1.43. The molecule has 14 heavy (non-hydrogen) atoms. The quantitative estimate of drug-likeness (QED) is 0.610. The third-order valence-corrected chi connectivity index (χ3v) is 2.25. The summed E-state index contributed by atoms with van der Waals surface area (Å²) < 4.78 is 0. The van der Waals surface area contributed by atoms with Gasteiger partial charge in [-0.15, -0.1) is 0 Å². The van der Waals surface area contributed by atoms with Crippen LogP contribution in [-0.2, 0) is 0 Å². The van der Waals surface area contributed by atoms with Crippen LogP contribution in [0.3, 0.4) is 0 Å². The van der Waals surface area contributed by atoms with E-state index in [2.05, 4.69) is 36.3 Å². The Bertz CT molecular complexity index is 305. The van der Waals surface area contributed by atoms with Crippen molar-refractivity contribution in [3.05, 3.63) is 61.0 Å². The Balaban J connectivity index is 2.81. The van der Waals surface area contributed by atoms with E-state index in [-0.39, 0.29) is 0 Å². The van der Waals surface area contributed by atoms with Crippen molar-refractivity contribution in [2.45, 2.75) is 12.8 Å². The molecule has 0 aromatic heterocycles. The van der Waals surface area contributed by atoms with Gasteiger partial charge in [0, 0.05) is 18.4 Å². The molecule has 74 valence electrons. The molecule has 0 fully saturated rings. The monoisotopic (exact) mass is 187 g/mol. The van der Waals surface area contributed by atoms with Gasteiger partial charge in [0.05, 0.1) is 0 Å². The predicted octanol–water partition coefficient (Wildman–Crippen LogP) is 3.41. The molecule has 1 rings (SSSR count). The van der Waals surface area contributed by atoms with E-state index in [9.17, 15) is 0 Å². The molecular formula is C13H17N. The summed E-state index contributed by atoms with van der Waals surface area (Å²) in [4.78, 5) is 2.12. The van der Waals surface area contributed by atoms with Crippen LogP contribution < -0.4 is 0 Å². The summed E-state index contributed by atoms with van der Waals surface area (Å²) in [7, 11) is 2.04. The Morgan fingerprint density at radius 2 is 2.21 bits per heavy atom. The lowest BCUT2D eigenvalue weighted by molar-refractivity contribution is 0.548. The summed E-state index contributed by atoms with van der Waals surface area (Å²) in [5, 5.41) is 0. The summed E-state index contributed by atoms with van der Waals surface area (Å²) in [6, 6.07) is 0. The van der Waals surface area contributed by atoms with Gasteiger partial charge in [0.15, 0.2) is 0 Å². The van der Waals surface area contributed by atoms with Crippen molar-refractivity contribution in [2.24, 2.45) is 0 Å². The zero-order chi connectivity index (χ0) is 10.4. The van der Waals surface area contributed by atoms with Gasteiger partial charge in [-0.3, -0.25) is 0 Å². The molecule has 0 saturated carbocycles. The third kappa shape index (κ3) is 2.49. The van der Waals surface area contributed by atoms with Gasteiger partial charge < -0.3 is 4.90 Å². The largest absolute Gasteiger partial charge is 0.345 e. The molecule has 0 aliphatic heterocycles. The highest BCUT2D eigenvalue weighted by atomic mass is 15.1. The lowest BCUT2D eigenvalue weighted by Crippen LogP contribution is -2.15. The van der Waals surface area contributed by atoms with Crippen LogP contribution in [0.1, 0.15) is 12.8 Å². The van der Waals surface area contributed by atoms with Crippen LogP contribution >= 0.6 is 0 Å². The minimum atomic E-state index is 1.07. The first-order valence-corrected chi connectivity index (χ1v) is 4.85. The Morgan fingerprint density at radius 1 is 1.43 bits per heavy atom. The number of hydrogen-bond acceptors (Lipinski definition) is 1. The van der Waals surface area contributed by atoms with Crippen LogP contribution in [0.4, 0.5) is 0 Å². The fraction of sp³-hybridized carbons (Fsp3) is 0.231. The van der Waals surface area contributed by atoms with Crippen LogP contribution in [0, 0.1) is 0 Å². The van der Waals surface area contributed by atoms with Crippen LogP contribution in [0.15, 0.2) is 61.0 Å². The molecule has 0 aromatic carbocycles. The van der Waals surface area contributed by atoms with E-state index in [1.165, 1.54) is 5.70 Å². The van der Waals surface area contributed by atoms with Crippen molar-refractivity contribution in [1.82, 2.24) is 4.90 Å². The van der Waals surface area contributed by atoms with Crippen LogP contribution in [-0.4, -0.2) is 11.9 Å². The second-order valence-corrected chi connectivity index (χ2v) is 3.20. The number of rotatable bonds is 4. The maximum Gasteiger partial charge on any atom is 0.0401 e. The summed E-state index contributed by atoms with van der Waals surface area (Å²) in [6.45, 7) is 7.47. The van der Waals surface area contributed by atoms with Crippen LogP contribution in [0.25, 0.3) is 0 Å². The highest BCUT2D eigenvalue weighted by molar-refractivity contribution is 5.30. The van der Waals surface area contributed by atoms with E-state index in [0.717, 1.165) is 18.5 Å². The van der Waals surface area contributed by atoms with Gasteiger partial charge in [0.25, 0.3) is 0 Å². The van der Waals surface area contributed by atoms with Crippen molar-refractivity contribution in [2.75, 3.05) is 7.05 Å². The van der Waals surface area contributed by atoms with Gasteiger partial charge >= 0.3 is 0 Å². The van der Waals surface area contributed by atoms with Gasteiger partial charge in [0.1, 0.15) is 0 Å². The van der Waals surface area contributed by atoms with E-state index in [4.69, 9.17) is 0 Å². The van der Waals surface area contributed by atoms with E-state index >= 15 is 0 Å². The molecule has 0 atom stereocenters. The normalized spacial score (nSPS) is 16.1. The lowest BCUT2D eigenvalue weighted by atomic mass is 10.1. The number of likely N-dealkylation sites (N-methyl/N-ethyl adjacent to an activating group) is 1. The average molecular weight is 187 g/mol. The lowest BCUT2D eigenvalue weighted by Gasteiger charge is -2.22. The second kappa shape index (κ2) is 5.28. The minimum Gasteiger partial charge on any atom is -0.345 e. The third-order valence-electron chi connectivity index (χ3n) is 2.25. The topological polar surface area (TPSA) is 3.24 Å². The molecule has 0 N–H and O–H groups in total. The van der Waals surface area contributed by atoms with Gasteiger partial charge in [-0.2, -0.15) is 0 Å². The summed E-state index contributed by atoms with van der Waals surface area (Å²) in [6.07, 6.45) is 14.4. The average Bonchev–Trinajstić information content (AvgIpc) is 2.26. The zero-order valence-corrected chi connectivity index (χ0v) is 8.74. The summed E-state index contributed by atoms with van der Waals surface area (Å²) in [5.41, 5.74) is 2.29. The molecule has 0 aromatic rings. The predicted molar refractivity (Wildman–Crippen MR) is 62.7 cm³/mol. The van der Waals surface area contributed by atoms with Gasteiger partial charge in [-0.1, -0.05) is 31.4 Å². The first kappa shape index (κ1) is 10.6. The summed E-state index contributed by atoms with van der Waals surface area (Å²) in [5.74, 6) is 0. The molecule has 0 amide bonds. The molecule has 0 bridgehead atoms. The van der Waals surface area contributed by atoms with Gasteiger partial charge in [-0.05, 0) is 31.1 Å². The Kier molecular flexibility index (Phi) is 3.99. The Hall–Kier alpha value is -1.50. The van der Waals surface area contributed by atoms with Crippen LogP contribution in [0.5, 0.6) is 0 Å². The van der Waals surface area contributed by atoms with Gasteiger partial charge in [-0.25, -0.2) is 0 Å². The molecule has 1 heteroatoms. The van der Waals surface area contributed by atoms with Crippen molar-refractivity contribution in [3.8, 4) is 0 Å². The highest BCUT2D eigenvalue weighted by Gasteiger charge is 2.05. The molecule has 1 aliphatic rings. The maximum atomic E-state index is 3.79. The molecule has 0 spiro atoms.